The molecule has 0 saturated heterocycles. The van der Waals surface area contributed by atoms with Gasteiger partial charge in [0.2, 0.25) is 5.91 Å². The lowest BCUT2D eigenvalue weighted by Crippen LogP contribution is -2.38. The minimum Gasteiger partial charge on any atom is -0.326 e. The Hall–Kier alpha value is -1.35. The van der Waals surface area contributed by atoms with E-state index in [4.69, 9.17) is 5.73 Å². The van der Waals surface area contributed by atoms with Gasteiger partial charge in [-0.15, -0.1) is 0 Å². The lowest BCUT2D eigenvalue weighted by molar-refractivity contribution is -0.122. The number of rotatable bonds is 4. The van der Waals surface area contributed by atoms with Crippen LogP contribution < -0.4 is 10.6 Å². The highest BCUT2D eigenvalue weighted by Crippen LogP contribution is 2.35. The van der Waals surface area contributed by atoms with Crippen LogP contribution in [0.15, 0.2) is 24.3 Å². The SMILES string of the molecule is NCc1ccc(N(C(=O)C2CCCCCC2)C2CC2)cc1. The van der Waals surface area contributed by atoms with Crippen LogP contribution >= 0.6 is 0 Å². The molecule has 0 aromatic heterocycles. The first-order valence-corrected chi connectivity index (χ1v) is 8.41. The lowest BCUT2D eigenvalue weighted by Gasteiger charge is -2.27. The number of hydrogen-bond acceptors (Lipinski definition) is 2. The van der Waals surface area contributed by atoms with Crippen LogP contribution in [0.3, 0.4) is 0 Å². The number of carbonyl (C=O) groups is 1. The van der Waals surface area contributed by atoms with E-state index in [9.17, 15) is 4.79 Å². The van der Waals surface area contributed by atoms with Gasteiger partial charge in [0.1, 0.15) is 0 Å². The second kappa shape index (κ2) is 6.61. The number of carbonyl (C=O) groups excluding carboxylic acids is 1. The van der Waals surface area contributed by atoms with Gasteiger partial charge in [0.15, 0.2) is 0 Å². The minimum absolute atomic E-state index is 0.238. The fourth-order valence-electron chi connectivity index (χ4n) is 3.37. The van der Waals surface area contributed by atoms with Crippen molar-refractivity contribution in [2.24, 2.45) is 11.7 Å². The van der Waals surface area contributed by atoms with Crippen molar-refractivity contribution in [2.45, 2.75) is 64.0 Å². The van der Waals surface area contributed by atoms with Gasteiger partial charge in [-0.2, -0.15) is 0 Å². The molecule has 2 fully saturated rings. The third-order valence-corrected chi connectivity index (χ3v) is 4.80. The van der Waals surface area contributed by atoms with Crippen LogP contribution in [0.2, 0.25) is 0 Å². The molecule has 3 heteroatoms. The summed E-state index contributed by atoms with van der Waals surface area (Å²) in [4.78, 5) is 15.1. The molecule has 0 unspecified atom stereocenters. The summed E-state index contributed by atoms with van der Waals surface area (Å²) in [6.45, 7) is 0.556. The van der Waals surface area contributed by atoms with E-state index in [-0.39, 0.29) is 5.92 Å². The van der Waals surface area contributed by atoms with Crippen LogP contribution in [0.4, 0.5) is 5.69 Å². The van der Waals surface area contributed by atoms with E-state index in [2.05, 4.69) is 17.0 Å². The number of hydrogen-bond donors (Lipinski definition) is 1. The molecule has 2 saturated carbocycles. The summed E-state index contributed by atoms with van der Waals surface area (Å²) in [5.74, 6) is 0.599. The Balaban J connectivity index is 1.78. The predicted molar refractivity (Wildman–Crippen MR) is 86.0 cm³/mol. The van der Waals surface area contributed by atoms with Crippen molar-refractivity contribution >= 4 is 11.6 Å². The van der Waals surface area contributed by atoms with Crippen LogP contribution in [0.1, 0.15) is 56.9 Å². The molecule has 0 spiro atoms. The molecule has 0 bridgehead atoms. The molecule has 21 heavy (non-hydrogen) atoms. The molecule has 3 nitrogen and oxygen atoms in total. The van der Waals surface area contributed by atoms with Crippen molar-refractivity contribution in [3.05, 3.63) is 29.8 Å². The van der Waals surface area contributed by atoms with Crippen molar-refractivity contribution < 1.29 is 4.79 Å². The van der Waals surface area contributed by atoms with Gasteiger partial charge in [0.05, 0.1) is 0 Å². The van der Waals surface area contributed by atoms with Crippen molar-refractivity contribution in [1.82, 2.24) is 0 Å². The molecular weight excluding hydrogens is 260 g/mol. The average Bonchev–Trinajstić information content (AvgIpc) is 3.35. The van der Waals surface area contributed by atoms with E-state index in [1.54, 1.807) is 0 Å². The van der Waals surface area contributed by atoms with Gasteiger partial charge in [-0.25, -0.2) is 0 Å². The standard InChI is InChI=1S/C18H26N2O/c19-13-14-7-9-16(10-8-14)20(17-11-12-17)18(21)15-5-3-1-2-4-6-15/h7-10,15,17H,1-6,11-13,19H2. The van der Waals surface area contributed by atoms with Crippen molar-refractivity contribution in [3.63, 3.8) is 0 Å². The number of nitrogens with zero attached hydrogens (tertiary/aromatic N) is 1. The summed E-state index contributed by atoms with van der Waals surface area (Å²) in [6, 6.07) is 8.66. The largest absolute Gasteiger partial charge is 0.326 e. The van der Waals surface area contributed by atoms with E-state index in [1.807, 2.05) is 12.1 Å². The highest BCUT2D eigenvalue weighted by Gasteiger charge is 2.36. The number of amides is 1. The van der Waals surface area contributed by atoms with E-state index in [0.29, 0.717) is 18.5 Å². The Morgan fingerprint density at radius 1 is 1.00 bits per heavy atom. The maximum absolute atomic E-state index is 13.0. The van der Waals surface area contributed by atoms with E-state index in [0.717, 1.165) is 36.9 Å². The summed E-state index contributed by atoms with van der Waals surface area (Å²) in [5.41, 5.74) is 7.84. The summed E-state index contributed by atoms with van der Waals surface area (Å²) >= 11 is 0. The molecule has 2 N–H and O–H groups in total. The first-order chi connectivity index (χ1) is 10.3. The Labute approximate surface area is 127 Å². The van der Waals surface area contributed by atoms with Gasteiger partial charge in [-0.05, 0) is 43.4 Å². The number of nitrogens with two attached hydrogens (primary N) is 1. The second-order valence-corrected chi connectivity index (χ2v) is 6.50. The molecule has 3 rings (SSSR count). The third-order valence-electron chi connectivity index (χ3n) is 4.80. The van der Waals surface area contributed by atoms with Crippen molar-refractivity contribution in [3.8, 4) is 0 Å². The zero-order chi connectivity index (χ0) is 14.7. The zero-order valence-electron chi connectivity index (χ0n) is 12.8. The molecule has 1 amide bonds. The molecule has 114 valence electrons. The Kier molecular flexibility index (Phi) is 4.59. The summed E-state index contributed by atoms with van der Waals surface area (Å²) in [5, 5.41) is 0. The predicted octanol–water partition coefficient (Wildman–Crippen LogP) is 3.61. The summed E-state index contributed by atoms with van der Waals surface area (Å²) in [7, 11) is 0. The second-order valence-electron chi connectivity index (χ2n) is 6.50. The Bertz CT molecular complexity index is 470. The monoisotopic (exact) mass is 286 g/mol. The normalized spacial score (nSPS) is 20.0. The lowest BCUT2D eigenvalue weighted by atomic mass is 9.98. The topological polar surface area (TPSA) is 46.3 Å². The fourth-order valence-corrected chi connectivity index (χ4v) is 3.37. The van der Waals surface area contributed by atoms with Crippen LogP contribution in [-0.4, -0.2) is 11.9 Å². The Morgan fingerprint density at radius 3 is 2.14 bits per heavy atom. The van der Waals surface area contributed by atoms with E-state index < -0.39 is 0 Å². The molecule has 1 aromatic rings. The molecular formula is C18H26N2O. The van der Waals surface area contributed by atoms with E-state index in [1.165, 1.54) is 25.7 Å². The van der Waals surface area contributed by atoms with Crippen LogP contribution in [0, 0.1) is 5.92 Å². The summed E-state index contributed by atoms with van der Waals surface area (Å²) in [6.07, 6.45) is 9.44. The summed E-state index contributed by atoms with van der Waals surface area (Å²) < 4.78 is 0. The van der Waals surface area contributed by atoms with Crippen molar-refractivity contribution in [1.29, 1.82) is 0 Å². The number of anilines is 1. The molecule has 0 atom stereocenters. The Morgan fingerprint density at radius 2 is 1.62 bits per heavy atom. The highest BCUT2D eigenvalue weighted by molar-refractivity contribution is 5.96. The van der Waals surface area contributed by atoms with Gasteiger partial charge >= 0.3 is 0 Å². The van der Waals surface area contributed by atoms with Crippen molar-refractivity contribution in [2.75, 3.05) is 4.90 Å². The maximum atomic E-state index is 13.0. The first-order valence-electron chi connectivity index (χ1n) is 8.41. The molecule has 2 aliphatic carbocycles. The van der Waals surface area contributed by atoms with Gasteiger partial charge in [0.25, 0.3) is 0 Å². The van der Waals surface area contributed by atoms with Gasteiger partial charge in [0, 0.05) is 24.2 Å². The minimum atomic E-state index is 0.238. The average molecular weight is 286 g/mol. The molecule has 0 aliphatic heterocycles. The van der Waals surface area contributed by atoms with Crippen LogP contribution in [0.5, 0.6) is 0 Å². The van der Waals surface area contributed by atoms with E-state index >= 15 is 0 Å². The zero-order valence-corrected chi connectivity index (χ0v) is 12.8. The third kappa shape index (κ3) is 3.46. The highest BCUT2D eigenvalue weighted by atomic mass is 16.2. The molecule has 0 radical (unpaired) electrons. The van der Waals surface area contributed by atoms with Crippen LogP contribution in [-0.2, 0) is 11.3 Å². The van der Waals surface area contributed by atoms with Gasteiger partial charge in [-0.1, -0.05) is 37.8 Å². The van der Waals surface area contributed by atoms with Crippen LogP contribution in [0.25, 0.3) is 0 Å². The maximum Gasteiger partial charge on any atom is 0.230 e. The number of benzene rings is 1. The smallest absolute Gasteiger partial charge is 0.230 e. The first kappa shape index (κ1) is 14.6. The molecule has 0 heterocycles. The fraction of sp³-hybridized carbons (Fsp3) is 0.611. The van der Waals surface area contributed by atoms with Gasteiger partial charge in [-0.3, -0.25) is 4.79 Å². The quantitative estimate of drug-likeness (QED) is 0.859. The molecule has 2 aliphatic rings. The molecule has 1 aromatic carbocycles. The van der Waals surface area contributed by atoms with Gasteiger partial charge < -0.3 is 10.6 Å².